The van der Waals surface area contributed by atoms with Gasteiger partial charge in [0.15, 0.2) is 0 Å². The predicted molar refractivity (Wildman–Crippen MR) is 87.5 cm³/mol. The third-order valence-corrected chi connectivity index (χ3v) is 4.55. The fraction of sp³-hybridized carbons (Fsp3) is 0.941. The van der Waals surface area contributed by atoms with Crippen LogP contribution in [0.2, 0.25) is 0 Å². The summed E-state index contributed by atoms with van der Waals surface area (Å²) in [6.45, 7) is 12.0. The molecule has 1 rings (SSSR count). The van der Waals surface area contributed by atoms with Crippen molar-refractivity contribution in [1.29, 1.82) is 0 Å². The topological polar surface area (TPSA) is 41.6 Å². The summed E-state index contributed by atoms with van der Waals surface area (Å²) in [5, 5.41) is 3.38. The lowest BCUT2D eigenvalue weighted by Crippen LogP contribution is -2.50. The van der Waals surface area contributed by atoms with Crippen molar-refractivity contribution in [2.45, 2.75) is 77.8 Å². The Morgan fingerprint density at radius 3 is 2.71 bits per heavy atom. The van der Waals surface area contributed by atoms with E-state index in [1.54, 1.807) is 0 Å². The largest absolute Gasteiger partial charge is 0.465 e. The zero-order valence-electron chi connectivity index (χ0n) is 14.4. The maximum atomic E-state index is 12.2. The van der Waals surface area contributed by atoms with E-state index in [-0.39, 0.29) is 5.97 Å². The molecule has 0 aliphatic carbocycles. The number of carbonyl (C=O) groups excluding carboxylic acids is 1. The Labute approximate surface area is 130 Å². The summed E-state index contributed by atoms with van der Waals surface area (Å²) in [7, 11) is 0. The standard InChI is InChI=1S/C17H34N2O2/c1-5-12-18-17(4,16(20)21-6-2)11-7-8-13-19-14-9-10-15(19)3/h15,18H,5-14H2,1-4H3. The molecule has 0 bridgehead atoms. The molecule has 1 fully saturated rings. The summed E-state index contributed by atoms with van der Waals surface area (Å²) < 4.78 is 5.24. The van der Waals surface area contributed by atoms with E-state index >= 15 is 0 Å². The number of ether oxygens (including phenoxy) is 1. The predicted octanol–water partition coefficient (Wildman–Crippen LogP) is 2.96. The van der Waals surface area contributed by atoms with Gasteiger partial charge in [-0.05, 0) is 78.9 Å². The first-order valence-corrected chi connectivity index (χ1v) is 8.69. The van der Waals surface area contributed by atoms with E-state index in [9.17, 15) is 4.79 Å². The van der Waals surface area contributed by atoms with E-state index < -0.39 is 5.54 Å². The number of nitrogens with zero attached hydrogens (tertiary/aromatic N) is 1. The number of rotatable bonds is 10. The van der Waals surface area contributed by atoms with Crippen LogP contribution in [0.15, 0.2) is 0 Å². The van der Waals surface area contributed by atoms with Crippen molar-refractivity contribution in [2.24, 2.45) is 0 Å². The first-order valence-electron chi connectivity index (χ1n) is 8.69. The number of nitrogens with one attached hydrogen (secondary N) is 1. The van der Waals surface area contributed by atoms with Crippen molar-refractivity contribution in [2.75, 3.05) is 26.2 Å². The molecule has 1 N–H and O–H groups in total. The van der Waals surface area contributed by atoms with E-state index in [1.165, 1.54) is 19.4 Å². The zero-order chi connectivity index (χ0) is 15.7. The van der Waals surface area contributed by atoms with E-state index in [4.69, 9.17) is 4.74 Å². The lowest BCUT2D eigenvalue weighted by atomic mass is 9.94. The second kappa shape index (κ2) is 9.42. The molecular formula is C17H34N2O2. The van der Waals surface area contributed by atoms with Gasteiger partial charge in [-0.3, -0.25) is 4.79 Å². The van der Waals surface area contributed by atoms with Crippen LogP contribution in [-0.2, 0) is 9.53 Å². The summed E-state index contributed by atoms with van der Waals surface area (Å²) in [4.78, 5) is 14.7. The highest BCUT2D eigenvalue weighted by Crippen LogP contribution is 2.20. The first kappa shape index (κ1) is 18.4. The molecule has 0 spiro atoms. The molecule has 124 valence electrons. The van der Waals surface area contributed by atoms with Crippen LogP contribution in [0, 0.1) is 0 Å². The normalized spacial score (nSPS) is 22.2. The van der Waals surface area contributed by atoms with Crippen LogP contribution in [0.25, 0.3) is 0 Å². The average Bonchev–Trinajstić information content (AvgIpc) is 2.87. The molecule has 0 aromatic rings. The van der Waals surface area contributed by atoms with Gasteiger partial charge in [0, 0.05) is 6.04 Å². The third-order valence-electron chi connectivity index (χ3n) is 4.55. The zero-order valence-corrected chi connectivity index (χ0v) is 14.4. The molecule has 1 heterocycles. The van der Waals surface area contributed by atoms with Crippen LogP contribution in [-0.4, -0.2) is 48.7 Å². The summed E-state index contributed by atoms with van der Waals surface area (Å²) in [5.74, 6) is -0.104. The highest BCUT2D eigenvalue weighted by molar-refractivity contribution is 5.80. The molecule has 0 amide bonds. The number of hydrogen-bond donors (Lipinski definition) is 1. The van der Waals surface area contributed by atoms with Crippen molar-refractivity contribution in [3.63, 3.8) is 0 Å². The minimum Gasteiger partial charge on any atom is -0.465 e. The highest BCUT2D eigenvalue weighted by Gasteiger charge is 2.33. The summed E-state index contributed by atoms with van der Waals surface area (Å²) in [5.41, 5.74) is -0.525. The molecule has 0 saturated carbocycles. The Hall–Kier alpha value is -0.610. The van der Waals surface area contributed by atoms with Crippen molar-refractivity contribution >= 4 is 5.97 Å². The Balaban J connectivity index is 2.36. The van der Waals surface area contributed by atoms with Gasteiger partial charge in [-0.15, -0.1) is 0 Å². The second-order valence-corrected chi connectivity index (χ2v) is 6.46. The summed E-state index contributed by atoms with van der Waals surface area (Å²) in [6.07, 6.45) is 6.77. The number of unbranched alkanes of at least 4 members (excludes halogenated alkanes) is 1. The van der Waals surface area contributed by atoms with Crippen LogP contribution in [0.5, 0.6) is 0 Å². The molecule has 1 aliphatic rings. The number of esters is 1. The Bertz CT molecular complexity index is 309. The van der Waals surface area contributed by atoms with E-state index in [0.717, 1.165) is 44.8 Å². The van der Waals surface area contributed by atoms with Crippen LogP contribution < -0.4 is 5.32 Å². The molecule has 0 aromatic heterocycles. The Kier molecular flexibility index (Phi) is 8.27. The molecule has 2 unspecified atom stereocenters. The first-order chi connectivity index (χ1) is 10.0. The molecule has 4 nitrogen and oxygen atoms in total. The second-order valence-electron chi connectivity index (χ2n) is 6.46. The van der Waals surface area contributed by atoms with Crippen molar-refractivity contribution < 1.29 is 9.53 Å². The van der Waals surface area contributed by atoms with Gasteiger partial charge in [-0.2, -0.15) is 0 Å². The lowest BCUT2D eigenvalue weighted by molar-refractivity contribution is -0.150. The van der Waals surface area contributed by atoms with Crippen LogP contribution >= 0.6 is 0 Å². The van der Waals surface area contributed by atoms with Crippen LogP contribution in [0.1, 0.15) is 66.2 Å². The number of carbonyl (C=O) groups is 1. The fourth-order valence-corrected chi connectivity index (χ4v) is 3.07. The average molecular weight is 298 g/mol. The summed E-state index contributed by atoms with van der Waals surface area (Å²) in [6, 6.07) is 0.736. The maximum absolute atomic E-state index is 12.2. The van der Waals surface area contributed by atoms with Crippen molar-refractivity contribution in [3.8, 4) is 0 Å². The van der Waals surface area contributed by atoms with Crippen LogP contribution in [0.3, 0.4) is 0 Å². The van der Waals surface area contributed by atoms with E-state index in [2.05, 4.69) is 24.1 Å². The van der Waals surface area contributed by atoms with Gasteiger partial charge >= 0.3 is 5.97 Å². The Morgan fingerprint density at radius 1 is 1.38 bits per heavy atom. The third kappa shape index (κ3) is 5.95. The lowest BCUT2D eigenvalue weighted by Gasteiger charge is -2.29. The Morgan fingerprint density at radius 2 is 2.14 bits per heavy atom. The van der Waals surface area contributed by atoms with Gasteiger partial charge in [-0.1, -0.05) is 6.92 Å². The maximum Gasteiger partial charge on any atom is 0.326 e. The fourth-order valence-electron chi connectivity index (χ4n) is 3.07. The van der Waals surface area contributed by atoms with E-state index in [0.29, 0.717) is 6.61 Å². The number of likely N-dealkylation sites (tertiary alicyclic amines) is 1. The molecule has 1 aliphatic heterocycles. The summed E-state index contributed by atoms with van der Waals surface area (Å²) >= 11 is 0. The van der Waals surface area contributed by atoms with Gasteiger partial charge in [0.2, 0.25) is 0 Å². The van der Waals surface area contributed by atoms with E-state index in [1.807, 2.05) is 13.8 Å². The molecule has 2 atom stereocenters. The number of hydrogen-bond acceptors (Lipinski definition) is 4. The highest BCUT2D eigenvalue weighted by atomic mass is 16.5. The SMILES string of the molecule is CCCNC(C)(CCCCN1CCCC1C)C(=O)OCC. The smallest absolute Gasteiger partial charge is 0.326 e. The quantitative estimate of drug-likeness (QED) is 0.497. The molecule has 0 radical (unpaired) electrons. The molecule has 4 heteroatoms. The van der Waals surface area contributed by atoms with Gasteiger partial charge in [0.25, 0.3) is 0 Å². The van der Waals surface area contributed by atoms with Gasteiger partial charge in [0.05, 0.1) is 6.61 Å². The van der Waals surface area contributed by atoms with Gasteiger partial charge in [0.1, 0.15) is 5.54 Å². The molecule has 21 heavy (non-hydrogen) atoms. The molecular weight excluding hydrogens is 264 g/mol. The van der Waals surface area contributed by atoms with Gasteiger partial charge < -0.3 is 15.0 Å². The minimum absolute atomic E-state index is 0.104. The molecule has 0 aromatic carbocycles. The van der Waals surface area contributed by atoms with Crippen LogP contribution in [0.4, 0.5) is 0 Å². The van der Waals surface area contributed by atoms with Crippen molar-refractivity contribution in [3.05, 3.63) is 0 Å². The monoisotopic (exact) mass is 298 g/mol. The minimum atomic E-state index is -0.525. The van der Waals surface area contributed by atoms with Gasteiger partial charge in [-0.25, -0.2) is 0 Å². The molecule has 1 saturated heterocycles. The van der Waals surface area contributed by atoms with Crippen molar-refractivity contribution in [1.82, 2.24) is 10.2 Å².